The predicted octanol–water partition coefficient (Wildman–Crippen LogP) is 4.17. The first-order valence-corrected chi connectivity index (χ1v) is 7.61. The lowest BCUT2D eigenvalue weighted by atomic mass is 10.1. The molecular formula is C13H17BrO2S. The average Bonchev–Trinajstić information content (AvgIpc) is 2.28. The lowest BCUT2D eigenvalue weighted by Crippen LogP contribution is -2.03. The van der Waals surface area contributed by atoms with E-state index in [1.54, 1.807) is 13.0 Å². The number of carbonyl (C=O) groups is 1. The summed E-state index contributed by atoms with van der Waals surface area (Å²) in [7, 11) is 0. The Labute approximate surface area is 115 Å². The maximum atomic E-state index is 11.4. The summed E-state index contributed by atoms with van der Waals surface area (Å²) in [6, 6.07) is 5.50. The molecule has 0 heterocycles. The molecule has 1 aromatic rings. The van der Waals surface area contributed by atoms with Crippen LogP contribution in [0.4, 0.5) is 0 Å². The molecule has 0 aliphatic rings. The van der Waals surface area contributed by atoms with Crippen LogP contribution in [0.5, 0.6) is 5.75 Å². The molecule has 0 unspecified atom stereocenters. The smallest absolute Gasteiger partial charge is 0.163 e. The van der Waals surface area contributed by atoms with Crippen LogP contribution >= 0.6 is 27.7 Å². The van der Waals surface area contributed by atoms with E-state index in [1.807, 2.05) is 23.9 Å². The van der Waals surface area contributed by atoms with Crippen molar-refractivity contribution in [3.05, 3.63) is 28.2 Å². The molecule has 0 aromatic heterocycles. The van der Waals surface area contributed by atoms with E-state index in [9.17, 15) is 4.79 Å². The normalized spacial score (nSPS) is 10.3. The molecule has 0 saturated heterocycles. The Morgan fingerprint density at radius 3 is 2.88 bits per heavy atom. The van der Waals surface area contributed by atoms with E-state index < -0.39 is 0 Å². The van der Waals surface area contributed by atoms with Gasteiger partial charge in [-0.1, -0.05) is 22.9 Å². The Hall–Kier alpha value is -0.480. The van der Waals surface area contributed by atoms with Crippen molar-refractivity contribution in [2.75, 3.05) is 18.1 Å². The average molecular weight is 317 g/mol. The maximum Gasteiger partial charge on any atom is 0.163 e. The van der Waals surface area contributed by atoms with Gasteiger partial charge in [-0.3, -0.25) is 4.79 Å². The second-order valence-electron chi connectivity index (χ2n) is 3.60. The van der Waals surface area contributed by atoms with Crippen LogP contribution in [0.3, 0.4) is 0 Å². The van der Waals surface area contributed by atoms with Crippen LogP contribution in [0, 0.1) is 0 Å². The van der Waals surface area contributed by atoms with Crippen LogP contribution in [0.2, 0.25) is 0 Å². The third kappa shape index (κ3) is 5.13. The molecule has 0 fully saturated rings. The molecule has 17 heavy (non-hydrogen) atoms. The van der Waals surface area contributed by atoms with E-state index in [1.165, 1.54) is 0 Å². The standard InChI is InChI=1S/C13H17BrO2S/c1-3-17-8-4-7-16-13-9-11(14)5-6-12(13)10(2)15/h5-6,9H,3-4,7-8H2,1-2H3. The van der Waals surface area contributed by atoms with Gasteiger partial charge in [-0.15, -0.1) is 0 Å². The summed E-state index contributed by atoms with van der Waals surface area (Å²) in [6.45, 7) is 4.36. The largest absolute Gasteiger partial charge is 0.493 e. The van der Waals surface area contributed by atoms with Gasteiger partial charge in [-0.05, 0) is 43.0 Å². The molecule has 0 bridgehead atoms. The van der Waals surface area contributed by atoms with Gasteiger partial charge in [0.15, 0.2) is 5.78 Å². The number of benzene rings is 1. The van der Waals surface area contributed by atoms with Crippen molar-refractivity contribution in [1.82, 2.24) is 0 Å². The number of halogens is 1. The summed E-state index contributed by atoms with van der Waals surface area (Å²) in [4.78, 5) is 11.4. The molecular weight excluding hydrogens is 300 g/mol. The van der Waals surface area contributed by atoms with Gasteiger partial charge in [-0.25, -0.2) is 0 Å². The topological polar surface area (TPSA) is 26.3 Å². The Morgan fingerprint density at radius 1 is 1.47 bits per heavy atom. The van der Waals surface area contributed by atoms with Crippen molar-refractivity contribution in [3.63, 3.8) is 0 Å². The van der Waals surface area contributed by atoms with Crippen LogP contribution in [0.25, 0.3) is 0 Å². The van der Waals surface area contributed by atoms with Crippen LogP contribution in [0.1, 0.15) is 30.6 Å². The molecule has 0 saturated carbocycles. The van der Waals surface area contributed by atoms with Crippen molar-refractivity contribution < 1.29 is 9.53 Å². The SMILES string of the molecule is CCSCCCOc1cc(Br)ccc1C(C)=O. The molecule has 0 atom stereocenters. The zero-order chi connectivity index (χ0) is 12.7. The van der Waals surface area contributed by atoms with Crippen molar-refractivity contribution in [2.45, 2.75) is 20.3 Å². The number of hydrogen-bond donors (Lipinski definition) is 0. The van der Waals surface area contributed by atoms with Gasteiger partial charge in [-0.2, -0.15) is 11.8 Å². The summed E-state index contributed by atoms with van der Waals surface area (Å²) >= 11 is 5.28. The number of carbonyl (C=O) groups excluding carboxylic acids is 1. The minimum atomic E-state index is 0.0374. The van der Waals surface area contributed by atoms with Crippen molar-refractivity contribution in [2.24, 2.45) is 0 Å². The van der Waals surface area contributed by atoms with Crippen molar-refractivity contribution >= 4 is 33.5 Å². The fourth-order valence-corrected chi connectivity index (χ4v) is 2.34. The number of ether oxygens (including phenoxy) is 1. The first-order valence-electron chi connectivity index (χ1n) is 5.66. The highest BCUT2D eigenvalue weighted by Gasteiger charge is 2.08. The molecule has 0 radical (unpaired) electrons. The Bertz CT molecular complexity index is 380. The van der Waals surface area contributed by atoms with Crippen LogP contribution in [0.15, 0.2) is 22.7 Å². The molecule has 1 rings (SSSR count). The summed E-state index contributed by atoms with van der Waals surface area (Å²) in [5.41, 5.74) is 0.649. The van der Waals surface area contributed by atoms with E-state index in [4.69, 9.17) is 4.74 Å². The molecule has 0 aliphatic heterocycles. The van der Waals surface area contributed by atoms with E-state index >= 15 is 0 Å². The quantitative estimate of drug-likeness (QED) is 0.557. The highest BCUT2D eigenvalue weighted by atomic mass is 79.9. The Balaban J connectivity index is 2.56. The van der Waals surface area contributed by atoms with Crippen molar-refractivity contribution in [1.29, 1.82) is 0 Å². The minimum absolute atomic E-state index is 0.0374. The Kier molecular flexibility index (Phi) is 6.66. The second-order valence-corrected chi connectivity index (χ2v) is 5.91. The highest BCUT2D eigenvalue weighted by Crippen LogP contribution is 2.24. The highest BCUT2D eigenvalue weighted by molar-refractivity contribution is 9.10. The van der Waals surface area contributed by atoms with Crippen LogP contribution < -0.4 is 4.74 Å². The fourth-order valence-electron chi connectivity index (χ4n) is 1.39. The summed E-state index contributed by atoms with van der Waals surface area (Å²) in [5, 5.41) is 0. The Morgan fingerprint density at radius 2 is 2.24 bits per heavy atom. The van der Waals surface area contributed by atoms with Crippen LogP contribution in [-0.2, 0) is 0 Å². The molecule has 1 aromatic carbocycles. The second kappa shape index (κ2) is 7.77. The van der Waals surface area contributed by atoms with Gasteiger partial charge < -0.3 is 4.74 Å². The molecule has 0 aliphatic carbocycles. The lowest BCUT2D eigenvalue weighted by Gasteiger charge is -2.10. The molecule has 94 valence electrons. The molecule has 0 N–H and O–H groups in total. The van der Waals surface area contributed by atoms with Crippen LogP contribution in [-0.4, -0.2) is 23.9 Å². The van der Waals surface area contributed by atoms with Gasteiger partial charge in [0, 0.05) is 4.47 Å². The predicted molar refractivity (Wildman–Crippen MR) is 77.3 cm³/mol. The van der Waals surface area contributed by atoms with Gasteiger partial charge >= 0.3 is 0 Å². The summed E-state index contributed by atoms with van der Waals surface area (Å²) in [5.74, 6) is 2.94. The molecule has 0 amide bonds. The minimum Gasteiger partial charge on any atom is -0.493 e. The van der Waals surface area contributed by atoms with Crippen molar-refractivity contribution in [3.8, 4) is 5.75 Å². The first-order chi connectivity index (χ1) is 8.15. The lowest BCUT2D eigenvalue weighted by molar-refractivity contribution is 0.101. The monoisotopic (exact) mass is 316 g/mol. The molecule has 0 spiro atoms. The zero-order valence-corrected chi connectivity index (χ0v) is 12.6. The van der Waals surface area contributed by atoms with Gasteiger partial charge in [0.2, 0.25) is 0 Å². The number of thioether (sulfide) groups is 1. The number of rotatable bonds is 7. The first kappa shape index (κ1) is 14.6. The third-order valence-corrected chi connectivity index (χ3v) is 3.70. The fraction of sp³-hybridized carbons (Fsp3) is 0.462. The zero-order valence-electron chi connectivity index (χ0n) is 10.2. The van der Waals surface area contributed by atoms with Gasteiger partial charge in [0.1, 0.15) is 5.75 Å². The molecule has 2 nitrogen and oxygen atoms in total. The van der Waals surface area contributed by atoms with E-state index in [2.05, 4.69) is 22.9 Å². The number of Topliss-reactive ketones (excluding diaryl/α,β-unsaturated/α-hetero) is 1. The van der Waals surface area contributed by atoms with E-state index in [-0.39, 0.29) is 5.78 Å². The number of hydrogen-bond acceptors (Lipinski definition) is 3. The third-order valence-electron chi connectivity index (χ3n) is 2.22. The number of ketones is 1. The maximum absolute atomic E-state index is 11.4. The van der Waals surface area contributed by atoms with E-state index in [0.717, 1.165) is 22.4 Å². The van der Waals surface area contributed by atoms with E-state index in [0.29, 0.717) is 17.9 Å². The summed E-state index contributed by atoms with van der Waals surface area (Å²) in [6.07, 6.45) is 1.00. The molecule has 4 heteroatoms. The summed E-state index contributed by atoms with van der Waals surface area (Å²) < 4.78 is 6.59. The van der Waals surface area contributed by atoms with Gasteiger partial charge in [0.25, 0.3) is 0 Å². The van der Waals surface area contributed by atoms with Gasteiger partial charge in [0.05, 0.1) is 12.2 Å².